The van der Waals surface area contributed by atoms with Crippen LogP contribution in [0.4, 0.5) is 8.78 Å². The highest BCUT2D eigenvalue weighted by Gasteiger charge is 2.36. The summed E-state index contributed by atoms with van der Waals surface area (Å²) >= 11 is 0. The van der Waals surface area contributed by atoms with E-state index in [-0.39, 0.29) is 0 Å². The summed E-state index contributed by atoms with van der Waals surface area (Å²) in [7, 11) is 0. The molecule has 0 spiro atoms. The zero-order chi connectivity index (χ0) is 6.91. The van der Waals surface area contributed by atoms with Crippen LogP contribution in [0.5, 0.6) is 0 Å². The van der Waals surface area contributed by atoms with E-state index in [0.29, 0.717) is 6.42 Å². The molecule has 0 aromatic heterocycles. The van der Waals surface area contributed by atoms with Crippen molar-refractivity contribution in [3.8, 4) is 0 Å². The monoisotopic (exact) mass is 135 g/mol. The molecule has 1 saturated heterocycles. The van der Waals surface area contributed by atoms with Gasteiger partial charge < -0.3 is 5.32 Å². The molecule has 0 aromatic carbocycles. The van der Waals surface area contributed by atoms with Gasteiger partial charge in [-0.25, -0.2) is 8.78 Å². The third-order valence-electron chi connectivity index (χ3n) is 1.88. The molecule has 0 saturated carbocycles. The Morgan fingerprint density at radius 2 is 2.22 bits per heavy atom. The minimum atomic E-state index is -2.22. The molecule has 1 fully saturated rings. The molecule has 1 N–H and O–H groups in total. The van der Waals surface area contributed by atoms with Gasteiger partial charge in [0.15, 0.2) is 0 Å². The van der Waals surface area contributed by atoms with Gasteiger partial charge in [-0.05, 0) is 26.3 Å². The molecule has 1 heterocycles. The van der Waals surface area contributed by atoms with Gasteiger partial charge in [0.2, 0.25) is 0 Å². The van der Waals surface area contributed by atoms with Crippen LogP contribution >= 0.6 is 0 Å². The lowest BCUT2D eigenvalue weighted by Gasteiger charge is -2.22. The van der Waals surface area contributed by atoms with Gasteiger partial charge in [0.05, 0.1) is 5.54 Å². The van der Waals surface area contributed by atoms with Crippen molar-refractivity contribution in [1.29, 1.82) is 0 Å². The molecule has 0 aliphatic carbocycles. The molecule has 54 valence electrons. The number of hydrogen-bond acceptors (Lipinski definition) is 1. The van der Waals surface area contributed by atoms with Crippen molar-refractivity contribution in [3.05, 3.63) is 0 Å². The number of rotatable bonds is 1. The van der Waals surface area contributed by atoms with Crippen molar-refractivity contribution in [2.45, 2.75) is 31.7 Å². The van der Waals surface area contributed by atoms with Crippen molar-refractivity contribution >= 4 is 0 Å². The van der Waals surface area contributed by atoms with Crippen LogP contribution in [0.1, 0.15) is 19.8 Å². The topological polar surface area (TPSA) is 12.0 Å². The molecule has 1 nitrogen and oxygen atoms in total. The van der Waals surface area contributed by atoms with Crippen LogP contribution in [0.2, 0.25) is 0 Å². The van der Waals surface area contributed by atoms with E-state index in [4.69, 9.17) is 0 Å². The standard InChI is InChI=1S/C6H11F2N/c1-6(5(7)8)3-2-4-9-6/h5,9H,2-4H2,1H3. The van der Waals surface area contributed by atoms with E-state index in [1.54, 1.807) is 6.92 Å². The van der Waals surface area contributed by atoms with E-state index in [0.717, 1.165) is 13.0 Å². The predicted molar refractivity (Wildman–Crippen MR) is 31.6 cm³/mol. The SMILES string of the molecule is CC1(C(F)F)CCCN1. The first-order chi connectivity index (χ1) is 4.15. The number of hydrogen-bond donors (Lipinski definition) is 1. The van der Waals surface area contributed by atoms with E-state index in [1.165, 1.54) is 0 Å². The maximum Gasteiger partial charge on any atom is 0.256 e. The third kappa shape index (κ3) is 1.21. The molecular formula is C6H11F2N. The number of nitrogens with one attached hydrogen (secondary N) is 1. The van der Waals surface area contributed by atoms with Gasteiger partial charge in [-0.15, -0.1) is 0 Å². The summed E-state index contributed by atoms with van der Waals surface area (Å²) in [6, 6.07) is 0. The second-order valence-electron chi connectivity index (χ2n) is 2.75. The van der Waals surface area contributed by atoms with Gasteiger partial charge >= 0.3 is 0 Å². The van der Waals surface area contributed by atoms with Gasteiger partial charge in [-0.1, -0.05) is 0 Å². The highest BCUT2D eigenvalue weighted by atomic mass is 19.3. The van der Waals surface area contributed by atoms with Crippen LogP contribution in [0.25, 0.3) is 0 Å². The fraction of sp³-hybridized carbons (Fsp3) is 1.00. The van der Waals surface area contributed by atoms with E-state index >= 15 is 0 Å². The molecule has 0 bridgehead atoms. The second kappa shape index (κ2) is 2.21. The predicted octanol–water partition coefficient (Wildman–Crippen LogP) is 1.39. The minimum Gasteiger partial charge on any atom is -0.307 e. The van der Waals surface area contributed by atoms with Gasteiger partial charge in [0, 0.05) is 0 Å². The Bertz CT molecular complexity index is 97.2. The van der Waals surface area contributed by atoms with Gasteiger partial charge in [-0.3, -0.25) is 0 Å². The lowest BCUT2D eigenvalue weighted by molar-refractivity contribution is 0.0521. The maximum absolute atomic E-state index is 12.1. The minimum absolute atomic E-state index is 0.602. The fourth-order valence-corrected chi connectivity index (χ4v) is 1.10. The first kappa shape index (κ1) is 6.93. The van der Waals surface area contributed by atoms with Crippen LogP contribution in [0, 0.1) is 0 Å². The molecule has 3 heteroatoms. The largest absolute Gasteiger partial charge is 0.307 e. The van der Waals surface area contributed by atoms with Crippen LogP contribution in [0.3, 0.4) is 0 Å². The Morgan fingerprint density at radius 1 is 1.56 bits per heavy atom. The van der Waals surface area contributed by atoms with Crippen LogP contribution in [-0.4, -0.2) is 18.5 Å². The van der Waals surface area contributed by atoms with Crippen molar-refractivity contribution < 1.29 is 8.78 Å². The van der Waals surface area contributed by atoms with Crippen molar-refractivity contribution in [2.75, 3.05) is 6.54 Å². The van der Waals surface area contributed by atoms with E-state index in [9.17, 15) is 8.78 Å². The Balaban J connectivity index is 2.51. The van der Waals surface area contributed by atoms with Gasteiger partial charge in [0.25, 0.3) is 6.43 Å². The summed E-state index contributed by atoms with van der Waals surface area (Å²) in [6.45, 7) is 2.31. The molecule has 1 unspecified atom stereocenters. The zero-order valence-corrected chi connectivity index (χ0v) is 5.45. The van der Waals surface area contributed by atoms with Gasteiger partial charge in [-0.2, -0.15) is 0 Å². The Kier molecular flexibility index (Phi) is 1.70. The summed E-state index contributed by atoms with van der Waals surface area (Å²) in [6.07, 6.45) is -0.745. The first-order valence-corrected chi connectivity index (χ1v) is 3.18. The molecular weight excluding hydrogens is 124 g/mol. The average Bonchev–Trinajstić information content (AvgIpc) is 2.16. The molecule has 1 rings (SSSR count). The van der Waals surface area contributed by atoms with Crippen LogP contribution < -0.4 is 5.32 Å². The van der Waals surface area contributed by atoms with Crippen molar-refractivity contribution in [1.82, 2.24) is 5.32 Å². The van der Waals surface area contributed by atoms with Crippen molar-refractivity contribution in [3.63, 3.8) is 0 Å². The Morgan fingerprint density at radius 3 is 2.44 bits per heavy atom. The average molecular weight is 135 g/mol. The molecule has 0 amide bonds. The number of halogens is 2. The lowest BCUT2D eigenvalue weighted by atomic mass is 10.0. The molecule has 1 aliphatic rings. The summed E-state index contributed by atoms with van der Waals surface area (Å²) in [5.74, 6) is 0. The Labute approximate surface area is 53.4 Å². The van der Waals surface area contributed by atoms with E-state index < -0.39 is 12.0 Å². The molecule has 0 aromatic rings. The highest BCUT2D eigenvalue weighted by Crippen LogP contribution is 2.25. The van der Waals surface area contributed by atoms with E-state index in [1.807, 2.05) is 0 Å². The second-order valence-corrected chi connectivity index (χ2v) is 2.75. The van der Waals surface area contributed by atoms with Crippen LogP contribution in [-0.2, 0) is 0 Å². The first-order valence-electron chi connectivity index (χ1n) is 3.18. The van der Waals surface area contributed by atoms with E-state index in [2.05, 4.69) is 5.32 Å². The quantitative estimate of drug-likeness (QED) is 0.573. The zero-order valence-electron chi connectivity index (χ0n) is 5.45. The smallest absolute Gasteiger partial charge is 0.256 e. The maximum atomic E-state index is 12.1. The van der Waals surface area contributed by atoms with Crippen LogP contribution in [0.15, 0.2) is 0 Å². The molecule has 1 aliphatic heterocycles. The number of alkyl halides is 2. The Hall–Kier alpha value is -0.180. The molecule has 0 radical (unpaired) electrons. The summed E-state index contributed by atoms with van der Waals surface area (Å²) in [5.41, 5.74) is -0.889. The summed E-state index contributed by atoms with van der Waals surface area (Å²) < 4.78 is 24.1. The summed E-state index contributed by atoms with van der Waals surface area (Å²) in [5, 5.41) is 2.78. The summed E-state index contributed by atoms with van der Waals surface area (Å²) in [4.78, 5) is 0. The van der Waals surface area contributed by atoms with Crippen molar-refractivity contribution in [2.24, 2.45) is 0 Å². The molecule has 1 atom stereocenters. The lowest BCUT2D eigenvalue weighted by Crippen LogP contribution is -2.43. The molecule has 9 heavy (non-hydrogen) atoms. The third-order valence-corrected chi connectivity index (χ3v) is 1.88. The van der Waals surface area contributed by atoms with Gasteiger partial charge in [0.1, 0.15) is 0 Å². The normalized spacial score (nSPS) is 36.0. The fourth-order valence-electron chi connectivity index (χ4n) is 1.10. The highest BCUT2D eigenvalue weighted by molar-refractivity contribution is 4.90.